The van der Waals surface area contributed by atoms with Crippen molar-refractivity contribution in [3.05, 3.63) is 29.3 Å². The molecule has 2 rings (SSSR count). The molecule has 17 heavy (non-hydrogen) atoms. The van der Waals surface area contributed by atoms with Gasteiger partial charge in [0.2, 0.25) is 0 Å². The van der Waals surface area contributed by atoms with Crippen LogP contribution in [0.5, 0.6) is 0 Å². The highest BCUT2D eigenvalue weighted by Crippen LogP contribution is 2.31. The summed E-state index contributed by atoms with van der Waals surface area (Å²) in [6.45, 7) is 0.0664. The van der Waals surface area contributed by atoms with Crippen LogP contribution in [0.1, 0.15) is 16.8 Å². The lowest BCUT2D eigenvalue weighted by molar-refractivity contribution is -0.114. The lowest BCUT2D eigenvalue weighted by Crippen LogP contribution is -2.30. The van der Waals surface area contributed by atoms with Crippen molar-refractivity contribution in [2.45, 2.75) is 6.42 Å². The number of fused-ring (bicyclic) bond motifs is 1. The number of terminal acetylenes is 1. The highest BCUT2D eigenvalue weighted by molar-refractivity contribution is 6.52. The van der Waals surface area contributed by atoms with Gasteiger partial charge in [0.05, 0.1) is 11.3 Å². The molecule has 1 aliphatic heterocycles. The predicted octanol–water partition coefficient (Wildman–Crippen LogP) is 1.52. The molecule has 0 fully saturated rings. The maximum absolute atomic E-state index is 13.4. The summed E-state index contributed by atoms with van der Waals surface area (Å²) in [6, 6.07) is 1.53. The maximum atomic E-state index is 13.4. The van der Waals surface area contributed by atoms with Crippen molar-refractivity contribution in [2.24, 2.45) is 0 Å². The van der Waals surface area contributed by atoms with Gasteiger partial charge in [0.25, 0.3) is 11.7 Å². The first kappa shape index (κ1) is 11.3. The first-order valence-electron chi connectivity index (χ1n) is 4.85. The summed E-state index contributed by atoms with van der Waals surface area (Å²) in [7, 11) is 0. The van der Waals surface area contributed by atoms with Gasteiger partial charge in [-0.05, 0) is 6.07 Å². The average molecular weight is 235 g/mol. The fraction of sp³-hybridized carbons (Fsp3) is 0.167. The summed E-state index contributed by atoms with van der Waals surface area (Å²) in [4.78, 5) is 24.1. The summed E-state index contributed by atoms with van der Waals surface area (Å²) in [6.07, 6.45) is 5.25. The largest absolute Gasteiger partial charge is 0.304 e. The number of hydrogen-bond donors (Lipinski definition) is 0. The number of amides is 1. The second-order valence-electron chi connectivity index (χ2n) is 3.52. The van der Waals surface area contributed by atoms with Crippen LogP contribution in [0, 0.1) is 24.0 Å². The molecule has 86 valence electrons. The number of Topliss-reactive ketones (excluding diaryl/α,β-unsaturated/α-hetero) is 1. The van der Waals surface area contributed by atoms with Crippen LogP contribution < -0.4 is 4.90 Å². The van der Waals surface area contributed by atoms with Crippen LogP contribution in [-0.2, 0) is 4.79 Å². The van der Waals surface area contributed by atoms with E-state index in [0.29, 0.717) is 6.07 Å². The van der Waals surface area contributed by atoms with Crippen LogP contribution in [0.3, 0.4) is 0 Å². The number of rotatable bonds is 2. The Morgan fingerprint density at radius 1 is 1.29 bits per heavy atom. The highest BCUT2D eigenvalue weighted by Gasteiger charge is 2.38. The van der Waals surface area contributed by atoms with Gasteiger partial charge in [-0.2, -0.15) is 0 Å². The molecule has 0 atom stereocenters. The molecule has 1 aliphatic rings. The van der Waals surface area contributed by atoms with E-state index in [1.807, 2.05) is 0 Å². The number of nitrogens with zero attached hydrogens (tertiary/aromatic N) is 1. The predicted molar refractivity (Wildman–Crippen MR) is 56.5 cm³/mol. The van der Waals surface area contributed by atoms with Crippen LogP contribution in [0.2, 0.25) is 0 Å². The van der Waals surface area contributed by atoms with E-state index in [0.717, 1.165) is 11.0 Å². The lowest BCUT2D eigenvalue weighted by atomic mass is 10.1. The van der Waals surface area contributed by atoms with E-state index in [1.165, 1.54) is 0 Å². The van der Waals surface area contributed by atoms with Crippen LogP contribution in [0.15, 0.2) is 12.1 Å². The minimum absolute atomic E-state index is 0.0484. The molecule has 1 aromatic carbocycles. The van der Waals surface area contributed by atoms with E-state index in [9.17, 15) is 18.4 Å². The van der Waals surface area contributed by atoms with E-state index in [4.69, 9.17) is 6.42 Å². The third-order valence-corrected chi connectivity index (χ3v) is 2.47. The van der Waals surface area contributed by atoms with Crippen molar-refractivity contribution in [2.75, 3.05) is 11.4 Å². The molecule has 3 nitrogen and oxygen atoms in total. The fourth-order valence-electron chi connectivity index (χ4n) is 1.73. The van der Waals surface area contributed by atoms with Gasteiger partial charge in [-0.3, -0.25) is 9.59 Å². The fourth-order valence-corrected chi connectivity index (χ4v) is 1.73. The Balaban J connectivity index is 2.53. The molecule has 0 N–H and O–H groups in total. The molecule has 0 aromatic heterocycles. The Morgan fingerprint density at radius 3 is 2.65 bits per heavy atom. The molecule has 0 bridgehead atoms. The number of halogens is 2. The van der Waals surface area contributed by atoms with E-state index in [1.54, 1.807) is 0 Å². The second-order valence-corrected chi connectivity index (χ2v) is 3.52. The summed E-state index contributed by atoms with van der Waals surface area (Å²) in [5.74, 6) is -1.41. The Morgan fingerprint density at radius 2 is 2.00 bits per heavy atom. The molecule has 0 unspecified atom stereocenters. The molecule has 0 spiro atoms. The van der Waals surface area contributed by atoms with Crippen LogP contribution >= 0.6 is 0 Å². The Kier molecular flexibility index (Phi) is 2.64. The molecule has 1 amide bonds. The highest BCUT2D eigenvalue weighted by atomic mass is 19.1. The van der Waals surface area contributed by atoms with E-state index >= 15 is 0 Å². The first-order chi connectivity index (χ1) is 8.06. The topological polar surface area (TPSA) is 37.4 Å². The smallest absolute Gasteiger partial charge is 0.299 e. The summed E-state index contributed by atoms with van der Waals surface area (Å²) in [5.41, 5.74) is -0.429. The molecule has 1 aromatic rings. The SMILES string of the molecule is C#CCCN1C(=O)C(=O)c2c(F)cc(F)cc21. The van der Waals surface area contributed by atoms with Crippen molar-refractivity contribution in [3.63, 3.8) is 0 Å². The number of benzene rings is 1. The molecule has 5 heteroatoms. The number of anilines is 1. The number of carbonyl (C=O) groups is 2. The normalized spacial score (nSPS) is 13.8. The second kappa shape index (κ2) is 3.98. The quantitative estimate of drug-likeness (QED) is 0.575. The Hall–Kier alpha value is -2.22. The third-order valence-electron chi connectivity index (χ3n) is 2.47. The van der Waals surface area contributed by atoms with E-state index in [-0.39, 0.29) is 24.2 Å². The molecular formula is C12H7F2NO2. The van der Waals surface area contributed by atoms with Gasteiger partial charge in [0, 0.05) is 19.0 Å². The summed E-state index contributed by atoms with van der Waals surface area (Å²) < 4.78 is 26.4. The van der Waals surface area contributed by atoms with Gasteiger partial charge in [-0.25, -0.2) is 8.78 Å². The van der Waals surface area contributed by atoms with Crippen molar-refractivity contribution >= 4 is 17.4 Å². The van der Waals surface area contributed by atoms with Crippen molar-refractivity contribution < 1.29 is 18.4 Å². The van der Waals surface area contributed by atoms with Crippen LogP contribution in [-0.4, -0.2) is 18.2 Å². The standard InChI is InChI=1S/C12H7F2NO2/c1-2-3-4-15-9-6-7(13)5-8(14)10(9)11(16)12(15)17/h1,5-6H,3-4H2. The minimum Gasteiger partial charge on any atom is -0.304 e. The molecule has 0 saturated carbocycles. The number of hydrogen-bond acceptors (Lipinski definition) is 2. The Labute approximate surface area is 96.0 Å². The Bertz CT molecular complexity index is 560. The maximum Gasteiger partial charge on any atom is 0.299 e. The van der Waals surface area contributed by atoms with E-state index < -0.39 is 23.3 Å². The molecule has 0 aliphatic carbocycles. The van der Waals surface area contributed by atoms with Crippen LogP contribution in [0.25, 0.3) is 0 Å². The molecular weight excluding hydrogens is 228 g/mol. The monoisotopic (exact) mass is 235 g/mol. The van der Waals surface area contributed by atoms with Gasteiger partial charge in [0.15, 0.2) is 0 Å². The van der Waals surface area contributed by atoms with Crippen molar-refractivity contribution in [1.82, 2.24) is 0 Å². The zero-order chi connectivity index (χ0) is 12.6. The third kappa shape index (κ3) is 1.68. The van der Waals surface area contributed by atoms with Gasteiger partial charge >= 0.3 is 0 Å². The van der Waals surface area contributed by atoms with Gasteiger partial charge < -0.3 is 4.90 Å². The first-order valence-corrected chi connectivity index (χ1v) is 4.85. The zero-order valence-electron chi connectivity index (χ0n) is 8.67. The van der Waals surface area contributed by atoms with E-state index in [2.05, 4.69) is 5.92 Å². The molecule has 0 saturated heterocycles. The van der Waals surface area contributed by atoms with Crippen LogP contribution in [0.4, 0.5) is 14.5 Å². The number of ketones is 1. The van der Waals surface area contributed by atoms with Gasteiger partial charge in [0.1, 0.15) is 11.6 Å². The lowest BCUT2D eigenvalue weighted by Gasteiger charge is -2.14. The van der Waals surface area contributed by atoms with Crippen molar-refractivity contribution in [3.8, 4) is 12.3 Å². The number of carbonyl (C=O) groups excluding carboxylic acids is 2. The summed E-state index contributed by atoms with van der Waals surface area (Å²) >= 11 is 0. The zero-order valence-corrected chi connectivity index (χ0v) is 8.67. The average Bonchev–Trinajstić information content (AvgIpc) is 2.49. The van der Waals surface area contributed by atoms with Gasteiger partial charge in [-0.1, -0.05) is 0 Å². The molecule has 1 heterocycles. The summed E-state index contributed by atoms with van der Waals surface area (Å²) in [5, 5.41) is 0. The van der Waals surface area contributed by atoms with Gasteiger partial charge in [-0.15, -0.1) is 12.3 Å². The minimum atomic E-state index is -1.03. The van der Waals surface area contributed by atoms with Crippen molar-refractivity contribution in [1.29, 1.82) is 0 Å². The molecule has 0 radical (unpaired) electrons.